The molecule has 5 heteroatoms. The van der Waals surface area contributed by atoms with Crippen LogP contribution in [0.2, 0.25) is 0 Å². The number of nitrogens with one attached hydrogen (secondary N) is 2. The average Bonchev–Trinajstić information content (AvgIpc) is 2.85. The molecule has 2 aliphatic heterocycles. The summed E-state index contributed by atoms with van der Waals surface area (Å²) >= 11 is 0. The zero-order valence-corrected chi connectivity index (χ0v) is 15.3. The van der Waals surface area contributed by atoms with E-state index in [1.54, 1.807) is 6.92 Å². The number of rotatable bonds is 2. The lowest BCUT2D eigenvalue weighted by molar-refractivity contribution is -0.0181. The molecule has 0 saturated carbocycles. The number of piperidine rings is 1. The first-order valence-electron chi connectivity index (χ1n) is 9.79. The van der Waals surface area contributed by atoms with E-state index in [1.807, 2.05) is 11.9 Å². The molecule has 0 aromatic rings. The van der Waals surface area contributed by atoms with Gasteiger partial charge in [-0.15, -0.1) is 0 Å². The van der Waals surface area contributed by atoms with Gasteiger partial charge in [0.15, 0.2) is 0 Å². The van der Waals surface area contributed by atoms with Crippen LogP contribution in [-0.4, -0.2) is 34.5 Å². The highest BCUT2D eigenvalue weighted by atomic mass is 16.3. The summed E-state index contributed by atoms with van der Waals surface area (Å²) in [6.07, 6.45) is 16.7. The van der Waals surface area contributed by atoms with Crippen LogP contribution in [-0.2, 0) is 0 Å². The Labute approximate surface area is 146 Å². The summed E-state index contributed by atoms with van der Waals surface area (Å²) in [5, 5.41) is 15.8. The molecule has 3 rings (SSSR count). The number of aliphatic hydroxyl groups is 1. The topological polar surface area (TPSA) is 59.9 Å². The van der Waals surface area contributed by atoms with Gasteiger partial charge in [-0.05, 0) is 63.7 Å². The van der Waals surface area contributed by atoms with Gasteiger partial charge in [0.2, 0.25) is 5.85 Å². The summed E-state index contributed by atoms with van der Waals surface area (Å²) in [4.78, 5) is 4.27. The van der Waals surface area contributed by atoms with Crippen LogP contribution in [0.15, 0.2) is 17.1 Å². The summed E-state index contributed by atoms with van der Waals surface area (Å²) in [6, 6.07) is 0. The van der Waals surface area contributed by atoms with Gasteiger partial charge in [-0.1, -0.05) is 25.0 Å². The predicted molar refractivity (Wildman–Crippen MR) is 98.2 cm³/mol. The molecule has 4 atom stereocenters. The van der Waals surface area contributed by atoms with E-state index in [4.69, 9.17) is 0 Å². The molecule has 1 saturated heterocycles. The average molecular weight is 335 g/mol. The molecule has 0 aromatic heterocycles. The molecule has 136 valence electrons. The zero-order valence-electron chi connectivity index (χ0n) is 15.3. The Morgan fingerprint density at radius 1 is 1.08 bits per heavy atom. The van der Waals surface area contributed by atoms with Crippen LogP contribution < -0.4 is 10.7 Å². The van der Waals surface area contributed by atoms with Crippen molar-refractivity contribution in [1.29, 1.82) is 0 Å². The van der Waals surface area contributed by atoms with Gasteiger partial charge >= 0.3 is 0 Å². The Hall–Kier alpha value is -0.910. The van der Waals surface area contributed by atoms with Crippen LogP contribution >= 0.6 is 0 Å². The second-order valence-corrected chi connectivity index (χ2v) is 7.87. The molecule has 1 aliphatic carbocycles. The second-order valence-electron chi connectivity index (χ2n) is 7.87. The summed E-state index contributed by atoms with van der Waals surface area (Å²) in [7, 11) is 0. The highest BCUT2D eigenvalue weighted by Gasteiger charge is 2.37. The minimum absolute atomic E-state index is 0.237. The van der Waals surface area contributed by atoms with Crippen LogP contribution in [0.5, 0.6) is 0 Å². The first-order valence-corrected chi connectivity index (χ1v) is 9.79. The quantitative estimate of drug-likeness (QED) is 0.679. The number of allylic oxidation sites excluding steroid dienone is 2. The van der Waals surface area contributed by atoms with Gasteiger partial charge in [-0.3, -0.25) is 10.3 Å². The van der Waals surface area contributed by atoms with Crippen molar-refractivity contribution in [3.8, 4) is 0 Å². The Morgan fingerprint density at radius 3 is 2.50 bits per heavy atom. The maximum Gasteiger partial charge on any atom is 0.228 e. The smallest absolute Gasteiger partial charge is 0.228 e. The summed E-state index contributed by atoms with van der Waals surface area (Å²) in [6.45, 7) is 4.73. The van der Waals surface area contributed by atoms with Crippen molar-refractivity contribution in [2.45, 2.75) is 83.6 Å². The van der Waals surface area contributed by atoms with Crippen LogP contribution in [0.3, 0.4) is 0 Å². The number of aliphatic imine (C=N–C) groups is 1. The summed E-state index contributed by atoms with van der Waals surface area (Å²) < 4.78 is 0. The first-order chi connectivity index (χ1) is 11.6. The van der Waals surface area contributed by atoms with E-state index >= 15 is 0 Å². The molecule has 5 nitrogen and oxygen atoms in total. The first kappa shape index (κ1) is 17.9. The van der Waals surface area contributed by atoms with Crippen LogP contribution in [0, 0.1) is 11.8 Å². The van der Waals surface area contributed by atoms with Crippen molar-refractivity contribution in [3.05, 3.63) is 12.2 Å². The van der Waals surface area contributed by atoms with Crippen molar-refractivity contribution in [2.75, 3.05) is 6.54 Å². The molecule has 3 N–H and O–H groups in total. The third kappa shape index (κ3) is 4.58. The van der Waals surface area contributed by atoms with E-state index in [9.17, 15) is 5.11 Å². The van der Waals surface area contributed by atoms with E-state index in [0.29, 0.717) is 0 Å². The number of amidine groups is 1. The lowest BCUT2D eigenvalue weighted by atomic mass is 9.79. The van der Waals surface area contributed by atoms with Gasteiger partial charge in [-0.25, -0.2) is 4.99 Å². The molecular formula is C19H34N4O. The van der Waals surface area contributed by atoms with Crippen molar-refractivity contribution in [1.82, 2.24) is 15.8 Å². The van der Waals surface area contributed by atoms with Gasteiger partial charge in [0, 0.05) is 13.5 Å². The minimum atomic E-state index is -1.16. The SMILES string of the molecule is CC1=N[C@@](C)(O)NN1C1CCC(C2CCC/C=C\CCCC2)CN1. The van der Waals surface area contributed by atoms with Gasteiger partial charge in [0.25, 0.3) is 0 Å². The monoisotopic (exact) mass is 334 g/mol. The third-order valence-corrected chi connectivity index (χ3v) is 5.77. The molecule has 3 unspecified atom stereocenters. The molecule has 0 bridgehead atoms. The van der Waals surface area contributed by atoms with E-state index < -0.39 is 5.85 Å². The fraction of sp³-hybridized carbons (Fsp3) is 0.842. The van der Waals surface area contributed by atoms with Gasteiger partial charge in [0.1, 0.15) is 5.84 Å². The van der Waals surface area contributed by atoms with E-state index in [0.717, 1.165) is 30.6 Å². The maximum absolute atomic E-state index is 10.1. The molecule has 0 spiro atoms. The Kier molecular flexibility index (Phi) is 5.95. The zero-order chi connectivity index (χ0) is 17.0. The molecule has 0 aromatic carbocycles. The fourth-order valence-electron chi connectivity index (χ4n) is 4.51. The van der Waals surface area contributed by atoms with Crippen LogP contribution in [0.25, 0.3) is 0 Å². The van der Waals surface area contributed by atoms with E-state index in [2.05, 4.69) is 27.9 Å². The van der Waals surface area contributed by atoms with Crippen molar-refractivity contribution < 1.29 is 5.11 Å². The second kappa shape index (κ2) is 7.98. The number of nitrogens with zero attached hydrogens (tertiary/aromatic N) is 2. The minimum Gasteiger partial charge on any atom is -0.356 e. The van der Waals surface area contributed by atoms with Crippen molar-refractivity contribution >= 4 is 5.84 Å². The van der Waals surface area contributed by atoms with E-state index in [-0.39, 0.29) is 6.17 Å². The Balaban J connectivity index is 1.51. The van der Waals surface area contributed by atoms with E-state index in [1.165, 1.54) is 51.4 Å². The molecule has 1 fully saturated rings. The Morgan fingerprint density at radius 2 is 1.83 bits per heavy atom. The molecular weight excluding hydrogens is 300 g/mol. The maximum atomic E-state index is 10.1. The van der Waals surface area contributed by atoms with Gasteiger partial charge in [0.05, 0.1) is 6.17 Å². The normalized spacial score (nSPS) is 40.2. The molecule has 0 amide bonds. The van der Waals surface area contributed by atoms with Crippen molar-refractivity contribution in [3.63, 3.8) is 0 Å². The summed E-state index contributed by atoms with van der Waals surface area (Å²) in [5.74, 6) is 1.37. The number of hydrogen-bond acceptors (Lipinski definition) is 5. The lowest BCUT2D eigenvalue weighted by Gasteiger charge is -2.39. The third-order valence-electron chi connectivity index (χ3n) is 5.77. The standard InChI is InChI=1S/C19H34N4O/c1-15-21-19(2,24)22-23(15)18-13-12-17(14-20-18)16-10-8-6-4-3-5-7-9-11-16/h3-4,16-18,20,22,24H,5-14H2,1-2H3/b4-3-/t16?,17?,18?,19-/m1/s1. The molecule has 24 heavy (non-hydrogen) atoms. The van der Waals surface area contributed by atoms with Crippen molar-refractivity contribution in [2.24, 2.45) is 16.8 Å². The van der Waals surface area contributed by atoms with Gasteiger partial charge in [-0.2, -0.15) is 5.43 Å². The lowest BCUT2D eigenvalue weighted by Crippen LogP contribution is -2.58. The van der Waals surface area contributed by atoms with Crippen LogP contribution in [0.1, 0.15) is 71.6 Å². The fourth-order valence-corrected chi connectivity index (χ4v) is 4.51. The molecule has 3 aliphatic rings. The number of hydrazine groups is 1. The summed E-state index contributed by atoms with van der Waals surface area (Å²) in [5.41, 5.74) is 3.09. The molecule has 2 heterocycles. The highest BCUT2D eigenvalue weighted by molar-refractivity contribution is 5.81. The van der Waals surface area contributed by atoms with Gasteiger partial charge < -0.3 is 5.11 Å². The predicted octanol–water partition coefficient (Wildman–Crippen LogP) is 3.13. The molecule has 0 radical (unpaired) electrons. The largest absolute Gasteiger partial charge is 0.356 e. The highest BCUT2D eigenvalue weighted by Crippen LogP contribution is 2.32. The number of hydrogen-bond donors (Lipinski definition) is 3. The van der Waals surface area contributed by atoms with Crippen LogP contribution in [0.4, 0.5) is 0 Å². The Bertz CT molecular complexity index is 466.